The third-order valence-electron chi connectivity index (χ3n) is 4.57. The van der Waals surface area contributed by atoms with Gasteiger partial charge in [0.1, 0.15) is 5.72 Å². The van der Waals surface area contributed by atoms with Gasteiger partial charge in [-0.05, 0) is 44.4 Å². The van der Waals surface area contributed by atoms with Crippen molar-refractivity contribution >= 4 is 6.09 Å². The molecule has 0 bridgehead atoms. The summed E-state index contributed by atoms with van der Waals surface area (Å²) in [4.78, 5) is 13.3. The van der Waals surface area contributed by atoms with E-state index in [0.717, 1.165) is 32.5 Å². The van der Waals surface area contributed by atoms with Crippen molar-refractivity contribution in [2.24, 2.45) is 11.3 Å². The van der Waals surface area contributed by atoms with Crippen molar-refractivity contribution in [1.82, 2.24) is 4.90 Å². The van der Waals surface area contributed by atoms with Crippen molar-refractivity contribution < 1.29 is 19.4 Å². The lowest BCUT2D eigenvalue weighted by atomic mass is 9.80. The first-order valence-electron chi connectivity index (χ1n) is 7.91. The fourth-order valence-corrected chi connectivity index (χ4v) is 3.67. The van der Waals surface area contributed by atoms with E-state index in [-0.39, 0.29) is 17.6 Å². The molecule has 0 spiro atoms. The first-order valence-corrected chi connectivity index (χ1v) is 7.91. The molecule has 1 amide bonds. The van der Waals surface area contributed by atoms with Gasteiger partial charge in [-0.3, -0.25) is 4.90 Å². The van der Waals surface area contributed by atoms with Crippen LogP contribution in [0.15, 0.2) is 0 Å². The van der Waals surface area contributed by atoms with E-state index >= 15 is 0 Å². The number of carbonyl (C=O) groups is 1. The maximum Gasteiger partial charge on any atom is 0.409 e. The largest absolute Gasteiger partial charge is 0.465 e. The summed E-state index contributed by atoms with van der Waals surface area (Å²) in [6.07, 6.45) is 2.01. The lowest BCUT2D eigenvalue weighted by molar-refractivity contribution is -0.0925. The molecular formula is C16H29NO4. The van der Waals surface area contributed by atoms with Crippen LogP contribution >= 0.6 is 0 Å². The highest BCUT2D eigenvalue weighted by molar-refractivity contribution is 5.67. The fraction of sp³-hybridized carbons (Fsp3) is 0.938. The van der Waals surface area contributed by atoms with Crippen LogP contribution < -0.4 is 0 Å². The Balaban J connectivity index is 2.22. The highest BCUT2D eigenvalue weighted by Crippen LogP contribution is 2.43. The lowest BCUT2D eigenvalue weighted by Crippen LogP contribution is -2.49. The van der Waals surface area contributed by atoms with Crippen molar-refractivity contribution in [3.63, 3.8) is 0 Å². The van der Waals surface area contributed by atoms with E-state index in [1.807, 2.05) is 13.8 Å². The summed E-state index contributed by atoms with van der Waals surface area (Å²) in [6, 6.07) is -0.107. The Hall–Kier alpha value is -0.810. The van der Waals surface area contributed by atoms with E-state index in [2.05, 4.69) is 20.8 Å². The van der Waals surface area contributed by atoms with Crippen LogP contribution in [0.25, 0.3) is 0 Å². The van der Waals surface area contributed by atoms with Gasteiger partial charge in [-0.15, -0.1) is 0 Å². The molecule has 21 heavy (non-hydrogen) atoms. The van der Waals surface area contributed by atoms with Gasteiger partial charge >= 0.3 is 6.09 Å². The van der Waals surface area contributed by atoms with Gasteiger partial charge in [0.25, 0.3) is 0 Å². The molecule has 2 heterocycles. The molecule has 2 saturated heterocycles. The highest BCUT2D eigenvalue weighted by atomic mass is 16.6. The van der Waals surface area contributed by atoms with Crippen LogP contribution in [-0.4, -0.2) is 47.2 Å². The Bertz CT molecular complexity index is 382. The van der Waals surface area contributed by atoms with Gasteiger partial charge < -0.3 is 14.6 Å². The second-order valence-corrected chi connectivity index (χ2v) is 7.89. The van der Waals surface area contributed by atoms with Crippen LogP contribution in [0.3, 0.4) is 0 Å². The third kappa shape index (κ3) is 3.51. The first-order chi connectivity index (χ1) is 9.63. The second kappa shape index (κ2) is 5.76. The van der Waals surface area contributed by atoms with Crippen LogP contribution in [0, 0.1) is 11.3 Å². The fourth-order valence-electron chi connectivity index (χ4n) is 3.67. The second-order valence-electron chi connectivity index (χ2n) is 7.89. The normalized spacial score (nSPS) is 33.2. The Labute approximate surface area is 127 Å². The number of hydrogen-bond donors (Lipinski definition) is 1. The van der Waals surface area contributed by atoms with E-state index in [4.69, 9.17) is 9.47 Å². The topological polar surface area (TPSA) is 59.0 Å². The van der Waals surface area contributed by atoms with E-state index < -0.39 is 11.8 Å². The molecule has 0 saturated carbocycles. The quantitative estimate of drug-likeness (QED) is 0.849. The Morgan fingerprint density at radius 3 is 2.52 bits per heavy atom. The molecule has 3 atom stereocenters. The lowest BCUT2D eigenvalue weighted by Gasteiger charge is -2.35. The number of carboxylic acid groups (broad SMARTS) is 1. The number of ether oxygens (including phenoxy) is 2. The van der Waals surface area contributed by atoms with Gasteiger partial charge in [-0.25, -0.2) is 4.79 Å². The molecular weight excluding hydrogens is 270 g/mol. The Morgan fingerprint density at radius 1 is 1.38 bits per heavy atom. The SMILES string of the molecule is CC(C)(C)C1OC(C)(C)N(C(=O)O)C1CC1CCCOC1. The molecule has 0 radical (unpaired) electrons. The predicted octanol–water partition coefficient (Wildman–Crippen LogP) is 3.33. The van der Waals surface area contributed by atoms with E-state index in [0.29, 0.717) is 5.92 Å². The Morgan fingerprint density at radius 2 is 2.05 bits per heavy atom. The van der Waals surface area contributed by atoms with Crippen LogP contribution in [0.5, 0.6) is 0 Å². The zero-order valence-electron chi connectivity index (χ0n) is 13.9. The van der Waals surface area contributed by atoms with Gasteiger partial charge in [0.2, 0.25) is 0 Å². The average molecular weight is 299 g/mol. The molecule has 2 fully saturated rings. The minimum atomic E-state index is -0.895. The minimum absolute atomic E-state index is 0.0921. The molecule has 5 heteroatoms. The third-order valence-corrected chi connectivity index (χ3v) is 4.57. The zero-order valence-corrected chi connectivity index (χ0v) is 13.9. The summed E-state index contributed by atoms with van der Waals surface area (Å²) >= 11 is 0. The minimum Gasteiger partial charge on any atom is -0.465 e. The van der Waals surface area contributed by atoms with Crippen molar-refractivity contribution in [2.45, 2.75) is 71.8 Å². The van der Waals surface area contributed by atoms with E-state index in [1.165, 1.54) is 4.90 Å². The molecule has 5 nitrogen and oxygen atoms in total. The molecule has 3 unspecified atom stereocenters. The smallest absolute Gasteiger partial charge is 0.409 e. The number of rotatable bonds is 2. The van der Waals surface area contributed by atoms with Crippen LogP contribution in [0.1, 0.15) is 53.9 Å². The highest BCUT2D eigenvalue weighted by Gasteiger charge is 2.53. The molecule has 0 aromatic carbocycles. The molecule has 2 rings (SSSR count). The van der Waals surface area contributed by atoms with Crippen molar-refractivity contribution in [1.29, 1.82) is 0 Å². The maximum absolute atomic E-state index is 11.8. The van der Waals surface area contributed by atoms with Gasteiger partial charge in [-0.1, -0.05) is 20.8 Å². The molecule has 2 aliphatic heterocycles. The Kier molecular flexibility index (Phi) is 4.54. The molecule has 0 aromatic rings. The van der Waals surface area contributed by atoms with E-state index in [1.54, 1.807) is 0 Å². The standard InChI is InChI=1S/C16H29NO4/c1-15(2,3)13-12(9-11-7-6-8-20-10-11)17(14(18)19)16(4,5)21-13/h11-13H,6-10H2,1-5H3,(H,18,19). The first kappa shape index (κ1) is 16.6. The number of nitrogens with zero attached hydrogens (tertiary/aromatic N) is 1. The predicted molar refractivity (Wildman–Crippen MR) is 80.2 cm³/mol. The van der Waals surface area contributed by atoms with Crippen molar-refractivity contribution in [3.05, 3.63) is 0 Å². The van der Waals surface area contributed by atoms with Gasteiger partial charge in [0.05, 0.1) is 12.1 Å². The monoisotopic (exact) mass is 299 g/mol. The summed E-state index contributed by atoms with van der Waals surface area (Å²) in [5, 5.41) is 9.65. The zero-order chi connectivity index (χ0) is 15.8. The maximum atomic E-state index is 11.8. The molecule has 0 aromatic heterocycles. The van der Waals surface area contributed by atoms with Crippen molar-refractivity contribution in [2.75, 3.05) is 13.2 Å². The van der Waals surface area contributed by atoms with Crippen LogP contribution in [-0.2, 0) is 9.47 Å². The molecule has 2 aliphatic rings. The van der Waals surface area contributed by atoms with Crippen molar-refractivity contribution in [3.8, 4) is 0 Å². The summed E-state index contributed by atoms with van der Waals surface area (Å²) in [5.41, 5.74) is -0.869. The average Bonchev–Trinajstić information content (AvgIpc) is 2.61. The van der Waals surface area contributed by atoms with E-state index in [9.17, 15) is 9.90 Å². The van der Waals surface area contributed by atoms with Gasteiger partial charge in [0.15, 0.2) is 0 Å². The van der Waals surface area contributed by atoms with Gasteiger partial charge in [0, 0.05) is 13.2 Å². The summed E-state index contributed by atoms with van der Waals surface area (Å²) in [6.45, 7) is 11.6. The number of hydrogen-bond acceptors (Lipinski definition) is 3. The summed E-state index contributed by atoms with van der Waals surface area (Å²) in [5.74, 6) is 0.424. The molecule has 1 N–H and O–H groups in total. The van der Waals surface area contributed by atoms with Gasteiger partial charge in [-0.2, -0.15) is 0 Å². The molecule has 122 valence electrons. The summed E-state index contributed by atoms with van der Waals surface area (Å²) in [7, 11) is 0. The summed E-state index contributed by atoms with van der Waals surface area (Å²) < 4.78 is 11.7. The van der Waals surface area contributed by atoms with Crippen LogP contribution in [0.2, 0.25) is 0 Å². The number of amides is 1. The van der Waals surface area contributed by atoms with Crippen LogP contribution in [0.4, 0.5) is 4.79 Å². The molecule has 0 aliphatic carbocycles.